The van der Waals surface area contributed by atoms with Crippen molar-refractivity contribution in [3.05, 3.63) is 10.1 Å². The fourth-order valence-electron chi connectivity index (χ4n) is 0.266. The summed E-state index contributed by atoms with van der Waals surface area (Å²) < 4.78 is 0.542. The third kappa shape index (κ3) is 2.63. The molecule has 48 valence electrons. The van der Waals surface area contributed by atoms with Crippen molar-refractivity contribution in [1.29, 1.82) is 0 Å². The van der Waals surface area contributed by atoms with E-state index in [0.29, 0.717) is 10.9 Å². The molecule has 5 heteroatoms. The molecule has 0 unspecified atom stereocenters. The maximum absolute atomic E-state index is 9.69. The summed E-state index contributed by atoms with van der Waals surface area (Å²) in [5, 5.41) is 9.04. The van der Waals surface area contributed by atoms with Crippen molar-refractivity contribution < 1.29 is 5.03 Å². The van der Waals surface area contributed by atoms with Crippen LogP contribution in [0.4, 0.5) is 0 Å². The number of hydrogen-bond donors (Lipinski definition) is 0. The van der Waals surface area contributed by atoms with Gasteiger partial charge in [-0.3, -0.25) is 0 Å². The minimum Gasteiger partial charge on any atom is -0.234 e. The number of halogens is 1. The van der Waals surface area contributed by atoms with E-state index in [0.717, 1.165) is 0 Å². The van der Waals surface area contributed by atoms with E-state index in [4.69, 9.17) is 11.8 Å². The second-order valence-electron chi connectivity index (χ2n) is 1.30. The lowest BCUT2D eigenvalue weighted by Gasteiger charge is -1.99. The van der Waals surface area contributed by atoms with Crippen molar-refractivity contribution in [2.45, 2.75) is 13.3 Å². The minimum absolute atomic E-state index is 0.286. The molecule has 0 aromatic heterocycles. The molecule has 0 heterocycles. The smallest absolute Gasteiger partial charge is 0.176 e. The van der Waals surface area contributed by atoms with Crippen LogP contribution in [0.15, 0.2) is 0 Å². The highest BCUT2D eigenvalue weighted by atomic mass is 35.5. The number of hydrogen-bond acceptors (Lipinski definition) is 2. The maximum Gasteiger partial charge on any atom is 0.176 e. The van der Waals surface area contributed by atoms with Crippen molar-refractivity contribution >= 4 is 11.8 Å². The van der Waals surface area contributed by atoms with Crippen LogP contribution in [0.5, 0.6) is 0 Å². The van der Waals surface area contributed by atoms with Crippen LogP contribution in [0.3, 0.4) is 0 Å². The standard InChI is InChI=1S/C3H7ClN2O2/c1-2-3-5(4)6(7)8/h2-3H2,1H3. The molecule has 0 N–H and O–H groups in total. The fourth-order valence-corrected chi connectivity index (χ4v) is 0.435. The molecular formula is C3H7ClN2O2. The van der Waals surface area contributed by atoms with Gasteiger partial charge in [0.1, 0.15) is 0 Å². The molecule has 0 spiro atoms. The van der Waals surface area contributed by atoms with Crippen LogP contribution in [-0.4, -0.2) is 16.1 Å². The summed E-state index contributed by atoms with van der Waals surface area (Å²) in [4.78, 5) is 9.69. The summed E-state index contributed by atoms with van der Waals surface area (Å²) >= 11 is 5.05. The van der Waals surface area contributed by atoms with Crippen LogP contribution < -0.4 is 0 Å². The van der Waals surface area contributed by atoms with Gasteiger partial charge in [-0.25, -0.2) is 10.1 Å². The van der Waals surface area contributed by atoms with E-state index in [9.17, 15) is 10.1 Å². The summed E-state index contributed by atoms with van der Waals surface area (Å²) in [5.74, 6) is 0. The van der Waals surface area contributed by atoms with Crippen molar-refractivity contribution in [1.82, 2.24) is 4.53 Å². The Hall–Kier alpha value is -0.510. The summed E-state index contributed by atoms with van der Waals surface area (Å²) in [7, 11) is 0. The zero-order valence-corrected chi connectivity index (χ0v) is 5.26. The van der Waals surface area contributed by atoms with Gasteiger partial charge in [0.15, 0.2) is 5.03 Å². The molecule has 0 saturated heterocycles. The zero-order valence-electron chi connectivity index (χ0n) is 4.50. The zero-order chi connectivity index (χ0) is 6.57. The molecule has 0 aliphatic heterocycles. The molecule has 0 aliphatic carbocycles. The first-order valence-electron chi connectivity index (χ1n) is 2.26. The maximum atomic E-state index is 9.69. The van der Waals surface area contributed by atoms with Gasteiger partial charge in [0.2, 0.25) is 0 Å². The molecular weight excluding hydrogens is 131 g/mol. The third-order valence-electron chi connectivity index (χ3n) is 0.585. The molecule has 0 atom stereocenters. The van der Waals surface area contributed by atoms with Gasteiger partial charge in [-0.2, -0.15) is 0 Å². The van der Waals surface area contributed by atoms with E-state index in [1.54, 1.807) is 0 Å². The lowest BCUT2D eigenvalue weighted by atomic mass is 10.5. The van der Waals surface area contributed by atoms with Gasteiger partial charge < -0.3 is 0 Å². The second-order valence-corrected chi connectivity index (χ2v) is 1.69. The monoisotopic (exact) mass is 138 g/mol. The average Bonchev–Trinajstić information content (AvgIpc) is 1.67. The Balaban J connectivity index is 3.32. The second kappa shape index (κ2) is 3.49. The molecule has 0 saturated carbocycles. The van der Waals surface area contributed by atoms with E-state index >= 15 is 0 Å². The Kier molecular flexibility index (Phi) is 3.26. The van der Waals surface area contributed by atoms with Crippen LogP contribution in [0.1, 0.15) is 13.3 Å². The Morgan fingerprint density at radius 3 is 2.50 bits per heavy atom. The van der Waals surface area contributed by atoms with Crippen molar-refractivity contribution in [2.75, 3.05) is 6.54 Å². The Morgan fingerprint density at radius 1 is 1.88 bits per heavy atom. The van der Waals surface area contributed by atoms with Crippen LogP contribution in [0.2, 0.25) is 0 Å². The molecule has 0 fully saturated rings. The summed E-state index contributed by atoms with van der Waals surface area (Å²) in [6.07, 6.45) is 0.685. The van der Waals surface area contributed by atoms with E-state index in [1.807, 2.05) is 6.92 Å². The molecule has 0 aliphatic rings. The Bertz CT molecular complexity index is 87.4. The van der Waals surface area contributed by atoms with Crippen molar-refractivity contribution in [3.8, 4) is 0 Å². The summed E-state index contributed by atoms with van der Waals surface area (Å²) in [6.45, 7) is 2.10. The summed E-state index contributed by atoms with van der Waals surface area (Å²) in [6, 6.07) is 0. The normalized spacial score (nSPS) is 8.75. The minimum atomic E-state index is -0.648. The number of rotatable bonds is 3. The highest BCUT2D eigenvalue weighted by Gasteiger charge is 2.05. The SMILES string of the molecule is CCCN(Cl)[N+](=O)[O-]. The first kappa shape index (κ1) is 7.49. The molecule has 0 aromatic rings. The van der Waals surface area contributed by atoms with Gasteiger partial charge in [0, 0.05) is 0 Å². The van der Waals surface area contributed by atoms with Crippen molar-refractivity contribution in [3.63, 3.8) is 0 Å². The van der Waals surface area contributed by atoms with Crippen LogP contribution >= 0.6 is 11.8 Å². The van der Waals surface area contributed by atoms with E-state index in [1.165, 1.54) is 0 Å². The topological polar surface area (TPSA) is 46.4 Å². The molecule has 0 bridgehead atoms. The van der Waals surface area contributed by atoms with Gasteiger partial charge in [0.25, 0.3) is 0 Å². The van der Waals surface area contributed by atoms with Crippen LogP contribution in [0.25, 0.3) is 0 Å². The van der Waals surface area contributed by atoms with E-state index < -0.39 is 5.03 Å². The lowest BCUT2D eigenvalue weighted by molar-refractivity contribution is -0.621. The first-order chi connectivity index (χ1) is 3.68. The predicted molar refractivity (Wildman–Crippen MR) is 29.8 cm³/mol. The van der Waals surface area contributed by atoms with E-state index in [2.05, 4.69) is 0 Å². The Morgan fingerprint density at radius 2 is 2.38 bits per heavy atom. The summed E-state index contributed by atoms with van der Waals surface area (Å²) in [5.41, 5.74) is 0. The fraction of sp³-hybridized carbons (Fsp3) is 1.00. The van der Waals surface area contributed by atoms with Gasteiger partial charge in [-0.05, 0) is 10.9 Å². The molecule has 0 radical (unpaired) electrons. The van der Waals surface area contributed by atoms with Crippen LogP contribution in [0, 0.1) is 10.1 Å². The van der Waals surface area contributed by atoms with Gasteiger partial charge in [-0.15, -0.1) is 0 Å². The average molecular weight is 139 g/mol. The van der Waals surface area contributed by atoms with Gasteiger partial charge in [-0.1, -0.05) is 6.92 Å². The predicted octanol–water partition coefficient (Wildman–Crippen LogP) is 1.04. The molecule has 0 rings (SSSR count). The third-order valence-corrected chi connectivity index (χ3v) is 0.878. The largest absolute Gasteiger partial charge is 0.234 e. The molecule has 8 heavy (non-hydrogen) atoms. The lowest BCUT2D eigenvalue weighted by Crippen LogP contribution is -2.19. The number of nitro groups is 1. The first-order valence-corrected chi connectivity index (χ1v) is 2.60. The van der Waals surface area contributed by atoms with Crippen molar-refractivity contribution in [2.24, 2.45) is 0 Å². The molecule has 0 aromatic carbocycles. The molecule has 0 amide bonds. The highest BCUT2D eigenvalue weighted by molar-refractivity contribution is 6.12. The highest BCUT2D eigenvalue weighted by Crippen LogP contribution is 1.93. The van der Waals surface area contributed by atoms with Crippen LogP contribution in [-0.2, 0) is 0 Å². The number of nitrogens with zero attached hydrogens (tertiary/aromatic N) is 2. The molecule has 4 nitrogen and oxygen atoms in total. The quantitative estimate of drug-likeness (QED) is 0.333. The number of hydrazine groups is 1. The Labute approximate surface area is 52.3 Å². The van der Waals surface area contributed by atoms with E-state index in [-0.39, 0.29) is 6.54 Å². The van der Waals surface area contributed by atoms with Gasteiger partial charge >= 0.3 is 0 Å². The van der Waals surface area contributed by atoms with Gasteiger partial charge in [0.05, 0.1) is 18.3 Å².